The van der Waals surface area contributed by atoms with Crippen molar-refractivity contribution in [2.24, 2.45) is 0 Å². The molecule has 1 unspecified atom stereocenters. The lowest BCUT2D eigenvalue weighted by atomic mass is 10.2. The van der Waals surface area contributed by atoms with Crippen molar-refractivity contribution in [3.05, 3.63) is 17.8 Å². The number of aryl methyl sites for hydroxylation is 1. The number of anilines is 1. The Bertz CT molecular complexity index is 261. The van der Waals surface area contributed by atoms with Gasteiger partial charge in [0.2, 0.25) is 0 Å². The summed E-state index contributed by atoms with van der Waals surface area (Å²) in [7, 11) is 1.71. The van der Waals surface area contributed by atoms with Crippen LogP contribution in [0.25, 0.3) is 0 Å². The van der Waals surface area contributed by atoms with E-state index in [0.29, 0.717) is 6.04 Å². The molecule has 0 aliphatic rings. The highest BCUT2D eigenvalue weighted by Gasteiger charge is 2.02. The molecule has 1 atom stereocenters. The van der Waals surface area contributed by atoms with Gasteiger partial charge < -0.3 is 10.1 Å². The summed E-state index contributed by atoms with van der Waals surface area (Å²) in [6, 6.07) is 4.23. The van der Waals surface area contributed by atoms with E-state index in [1.165, 1.54) is 0 Å². The average molecular weight is 195 g/mol. The first-order chi connectivity index (χ1) is 6.72. The predicted molar refractivity (Wildman–Crippen MR) is 56.3 cm³/mol. The van der Waals surface area contributed by atoms with Gasteiger partial charge in [0, 0.05) is 19.8 Å². The summed E-state index contributed by atoms with van der Waals surface area (Å²) in [5, 5.41) is 11.2. The van der Waals surface area contributed by atoms with Crippen molar-refractivity contribution < 1.29 is 4.74 Å². The maximum atomic E-state index is 4.99. The van der Waals surface area contributed by atoms with Crippen LogP contribution in [-0.2, 0) is 4.74 Å². The number of ether oxygens (including phenoxy) is 1. The van der Waals surface area contributed by atoms with Gasteiger partial charge in [-0.15, -0.1) is 5.10 Å². The van der Waals surface area contributed by atoms with Crippen molar-refractivity contribution in [1.82, 2.24) is 10.2 Å². The summed E-state index contributed by atoms with van der Waals surface area (Å²) in [4.78, 5) is 0. The zero-order valence-electron chi connectivity index (χ0n) is 8.95. The standard InChI is InChI=1S/C10H17N3O/c1-8(6-7-14-3)11-10-5-4-9(2)12-13-10/h4-5,8H,6-7H2,1-3H3,(H,11,13). The van der Waals surface area contributed by atoms with Crippen LogP contribution in [0.4, 0.5) is 5.82 Å². The molecule has 1 aromatic rings. The molecule has 78 valence electrons. The monoisotopic (exact) mass is 195 g/mol. The number of hydrogen-bond acceptors (Lipinski definition) is 4. The van der Waals surface area contributed by atoms with E-state index in [0.717, 1.165) is 24.5 Å². The molecule has 0 saturated heterocycles. The molecule has 0 aliphatic carbocycles. The lowest BCUT2D eigenvalue weighted by molar-refractivity contribution is 0.191. The highest BCUT2D eigenvalue weighted by Crippen LogP contribution is 2.05. The van der Waals surface area contributed by atoms with E-state index in [2.05, 4.69) is 22.4 Å². The maximum Gasteiger partial charge on any atom is 0.148 e. The topological polar surface area (TPSA) is 47.0 Å². The third-order valence-corrected chi connectivity index (χ3v) is 1.95. The minimum Gasteiger partial charge on any atom is -0.385 e. The van der Waals surface area contributed by atoms with Crippen molar-refractivity contribution in [2.75, 3.05) is 19.0 Å². The molecule has 14 heavy (non-hydrogen) atoms. The lowest BCUT2D eigenvalue weighted by Gasteiger charge is -2.13. The maximum absolute atomic E-state index is 4.99. The Kier molecular flexibility index (Phi) is 4.32. The normalized spacial score (nSPS) is 12.5. The average Bonchev–Trinajstić information content (AvgIpc) is 2.18. The molecule has 0 amide bonds. The number of methoxy groups -OCH3 is 1. The second-order valence-corrected chi connectivity index (χ2v) is 3.39. The number of nitrogens with zero attached hydrogens (tertiary/aromatic N) is 2. The minimum atomic E-state index is 0.354. The molecule has 0 radical (unpaired) electrons. The van der Waals surface area contributed by atoms with Crippen molar-refractivity contribution in [1.29, 1.82) is 0 Å². The zero-order valence-corrected chi connectivity index (χ0v) is 8.95. The SMILES string of the molecule is COCCC(C)Nc1ccc(C)nn1. The van der Waals surface area contributed by atoms with E-state index in [-0.39, 0.29) is 0 Å². The lowest BCUT2D eigenvalue weighted by Crippen LogP contribution is -2.18. The summed E-state index contributed by atoms with van der Waals surface area (Å²) in [6.45, 7) is 4.78. The van der Waals surface area contributed by atoms with Gasteiger partial charge in [-0.3, -0.25) is 0 Å². The number of hydrogen-bond donors (Lipinski definition) is 1. The molecule has 1 aromatic heterocycles. The first kappa shape index (κ1) is 10.9. The molecule has 4 nitrogen and oxygen atoms in total. The summed E-state index contributed by atoms with van der Waals surface area (Å²) in [6.07, 6.45) is 0.964. The van der Waals surface area contributed by atoms with Crippen molar-refractivity contribution in [2.45, 2.75) is 26.3 Å². The molecule has 0 saturated carbocycles. The van der Waals surface area contributed by atoms with E-state index in [1.807, 2.05) is 19.1 Å². The van der Waals surface area contributed by atoms with Gasteiger partial charge in [-0.05, 0) is 32.4 Å². The van der Waals surface area contributed by atoms with Gasteiger partial charge >= 0.3 is 0 Å². The van der Waals surface area contributed by atoms with Crippen molar-refractivity contribution in [3.8, 4) is 0 Å². The number of rotatable bonds is 5. The summed E-state index contributed by atoms with van der Waals surface area (Å²) in [5.74, 6) is 0.819. The fourth-order valence-electron chi connectivity index (χ4n) is 1.10. The largest absolute Gasteiger partial charge is 0.385 e. The van der Waals surface area contributed by atoms with Gasteiger partial charge in [0.15, 0.2) is 0 Å². The molecule has 4 heteroatoms. The van der Waals surface area contributed by atoms with Crippen LogP contribution in [0.15, 0.2) is 12.1 Å². The molecular formula is C10H17N3O. The van der Waals surface area contributed by atoms with Crippen LogP contribution in [0.1, 0.15) is 19.0 Å². The Morgan fingerprint density at radius 3 is 2.79 bits per heavy atom. The molecule has 0 aromatic carbocycles. The molecule has 1 heterocycles. The van der Waals surface area contributed by atoms with E-state index in [4.69, 9.17) is 4.74 Å². The van der Waals surface area contributed by atoms with E-state index < -0.39 is 0 Å². The molecule has 0 fully saturated rings. The molecule has 0 spiro atoms. The Morgan fingerprint density at radius 1 is 1.43 bits per heavy atom. The minimum absolute atomic E-state index is 0.354. The van der Waals surface area contributed by atoms with Crippen molar-refractivity contribution in [3.63, 3.8) is 0 Å². The molecule has 0 bridgehead atoms. The first-order valence-corrected chi connectivity index (χ1v) is 4.78. The smallest absolute Gasteiger partial charge is 0.148 e. The van der Waals surface area contributed by atoms with Crippen molar-refractivity contribution >= 4 is 5.82 Å². The van der Waals surface area contributed by atoms with Gasteiger partial charge in [-0.1, -0.05) is 0 Å². The second kappa shape index (κ2) is 5.54. The predicted octanol–water partition coefficient (Wildman–Crippen LogP) is 1.62. The Hall–Kier alpha value is -1.16. The Labute approximate surface area is 84.7 Å². The van der Waals surface area contributed by atoms with E-state index >= 15 is 0 Å². The number of aromatic nitrogens is 2. The van der Waals surface area contributed by atoms with E-state index in [1.54, 1.807) is 7.11 Å². The van der Waals surface area contributed by atoms with Gasteiger partial charge in [-0.25, -0.2) is 0 Å². The highest BCUT2D eigenvalue weighted by molar-refractivity contribution is 5.33. The summed E-state index contributed by atoms with van der Waals surface area (Å²) < 4.78 is 4.99. The number of nitrogens with one attached hydrogen (secondary N) is 1. The quantitative estimate of drug-likeness (QED) is 0.775. The third-order valence-electron chi connectivity index (χ3n) is 1.95. The first-order valence-electron chi connectivity index (χ1n) is 4.78. The molecule has 0 aliphatic heterocycles. The van der Waals surface area contributed by atoms with Crippen LogP contribution in [0.5, 0.6) is 0 Å². The molecule has 1 rings (SSSR count). The second-order valence-electron chi connectivity index (χ2n) is 3.39. The Balaban J connectivity index is 2.39. The third kappa shape index (κ3) is 3.70. The van der Waals surface area contributed by atoms with Gasteiger partial charge in [-0.2, -0.15) is 5.10 Å². The summed E-state index contributed by atoms with van der Waals surface area (Å²) in [5.41, 5.74) is 0.931. The molecular weight excluding hydrogens is 178 g/mol. The van der Waals surface area contributed by atoms with E-state index in [9.17, 15) is 0 Å². The van der Waals surface area contributed by atoms with Crippen LogP contribution < -0.4 is 5.32 Å². The fourth-order valence-corrected chi connectivity index (χ4v) is 1.10. The Morgan fingerprint density at radius 2 is 2.21 bits per heavy atom. The van der Waals surface area contributed by atoms with Crippen LogP contribution in [0, 0.1) is 6.92 Å². The van der Waals surface area contributed by atoms with Crippen LogP contribution in [0.3, 0.4) is 0 Å². The van der Waals surface area contributed by atoms with Crippen LogP contribution >= 0.6 is 0 Å². The van der Waals surface area contributed by atoms with Gasteiger partial charge in [0.25, 0.3) is 0 Å². The highest BCUT2D eigenvalue weighted by atomic mass is 16.5. The van der Waals surface area contributed by atoms with Crippen LogP contribution in [-0.4, -0.2) is 30.0 Å². The zero-order chi connectivity index (χ0) is 10.4. The van der Waals surface area contributed by atoms with Gasteiger partial charge in [0.1, 0.15) is 5.82 Å². The van der Waals surface area contributed by atoms with Gasteiger partial charge in [0.05, 0.1) is 5.69 Å². The van der Waals surface area contributed by atoms with Crippen LogP contribution in [0.2, 0.25) is 0 Å². The fraction of sp³-hybridized carbons (Fsp3) is 0.600. The molecule has 1 N–H and O–H groups in total. The summed E-state index contributed by atoms with van der Waals surface area (Å²) >= 11 is 0.